The molecule has 2 rings (SSSR count). The molecule has 6 atom stereocenters. The van der Waals surface area contributed by atoms with Gasteiger partial charge >= 0.3 is 5.69 Å². The first-order valence-corrected chi connectivity index (χ1v) is 8.35. The molecule has 28 heavy (non-hydrogen) atoms. The quantitative estimate of drug-likeness (QED) is 0.215. The van der Waals surface area contributed by atoms with Crippen LogP contribution in [0.15, 0.2) is 21.9 Å². The Morgan fingerprint density at radius 2 is 2.07 bits per heavy atom. The topological polar surface area (TPSA) is 217 Å². The van der Waals surface area contributed by atoms with Crippen LogP contribution < -0.4 is 22.3 Å². The lowest BCUT2D eigenvalue weighted by Gasteiger charge is -2.34. The number of ketones is 1. The van der Waals surface area contributed by atoms with Crippen molar-refractivity contribution in [3.05, 3.63) is 33.1 Å². The highest BCUT2D eigenvalue weighted by molar-refractivity contribution is 5.94. The Balaban J connectivity index is 2.54. The van der Waals surface area contributed by atoms with Gasteiger partial charge in [0.25, 0.3) is 5.56 Å². The molecule has 13 nitrogen and oxygen atoms in total. The molecular weight excluding hydrogens is 380 g/mol. The number of carbonyl (C=O) groups is 2. The molecule has 1 aliphatic heterocycles. The predicted octanol–water partition coefficient (Wildman–Crippen LogP) is -4.96. The van der Waals surface area contributed by atoms with Gasteiger partial charge in [0.1, 0.15) is 30.6 Å². The van der Waals surface area contributed by atoms with Gasteiger partial charge in [-0.3, -0.25) is 23.9 Å². The average Bonchev–Trinajstić information content (AvgIpc) is 2.92. The zero-order valence-electron chi connectivity index (χ0n) is 14.8. The minimum Gasteiger partial charge on any atom is -0.394 e. The van der Waals surface area contributed by atoms with Crippen LogP contribution in [-0.4, -0.2) is 78.9 Å². The van der Waals surface area contributed by atoms with Crippen molar-refractivity contribution in [2.75, 3.05) is 6.61 Å². The van der Waals surface area contributed by atoms with Gasteiger partial charge in [0.15, 0.2) is 0 Å². The molecule has 13 heteroatoms. The molecule has 1 aromatic heterocycles. The fourth-order valence-corrected chi connectivity index (χ4v) is 2.87. The summed E-state index contributed by atoms with van der Waals surface area (Å²) >= 11 is 0. The number of Topliss-reactive ketones (excluding diaryl/α,β-unsaturated/α-hetero) is 1. The molecule has 1 fully saturated rings. The number of nitrogens with zero attached hydrogens (tertiary/aromatic N) is 1. The van der Waals surface area contributed by atoms with Gasteiger partial charge < -0.3 is 36.2 Å². The number of aromatic amines is 1. The Morgan fingerprint density at radius 3 is 2.57 bits per heavy atom. The Morgan fingerprint density at radius 1 is 1.43 bits per heavy atom. The third-order valence-electron chi connectivity index (χ3n) is 4.42. The van der Waals surface area contributed by atoms with Gasteiger partial charge in [-0.25, -0.2) is 4.79 Å². The van der Waals surface area contributed by atoms with Crippen molar-refractivity contribution < 1.29 is 34.8 Å². The van der Waals surface area contributed by atoms with Gasteiger partial charge in [-0.15, -0.1) is 0 Å². The van der Waals surface area contributed by atoms with E-state index in [9.17, 15) is 39.6 Å². The summed E-state index contributed by atoms with van der Waals surface area (Å²) in [7, 11) is 0. The van der Waals surface area contributed by atoms with Gasteiger partial charge in [0, 0.05) is 12.3 Å². The Bertz CT molecular complexity index is 852. The molecule has 0 spiro atoms. The molecule has 1 aromatic rings. The summed E-state index contributed by atoms with van der Waals surface area (Å²) in [5.74, 6) is -2.25. The lowest BCUT2D eigenvalue weighted by atomic mass is 9.96. The van der Waals surface area contributed by atoms with Crippen molar-refractivity contribution >= 4 is 11.7 Å². The SMILES string of the molecule is CCC(O)C(=O)NC(N)C(=O)[C@@]1(n2ccc(=O)[nH]c2=O)O[C@H](CO)[C@@H](O)[C@H]1O. The van der Waals surface area contributed by atoms with E-state index >= 15 is 0 Å². The molecule has 0 saturated carbocycles. The second-order valence-electron chi connectivity index (χ2n) is 6.23. The van der Waals surface area contributed by atoms with Crippen LogP contribution in [0.4, 0.5) is 0 Å². The summed E-state index contributed by atoms with van der Waals surface area (Å²) in [6, 6.07) is 0.857. The van der Waals surface area contributed by atoms with Gasteiger partial charge in [-0.1, -0.05) is 6.92 Å². The van der Waals surface area contributed by atoms with Crippen molar-refractivity contribution in [3.8, 4) is 0 Å². The zero-order chi connectivity index (χ0) is 21.2. The van der Waals surface area contributed by atoms with Crippen LogP contribution in [0.25, 0.3) is 0 Å². The average molecular weight is 402 g/mol. The Hall–Kier alpha value is -2.42. The summed E-state index contributed by atoms with van der Waals surface area (Å²) < 4.78 is 5.83. The highest BCUT2D eigenvalue weighted by atomic mass is 16.6. The molecule has 2 heterocycles. The lowest BCUT2D eigenvalue weighted by molar-refractivity contribution is -0.178. The zero-order valence-corrected chi connectivity index (χ0v) is 14.8. The number of aromatic nitrogens is 2. The Kier molecular flexibility index (Phi) is 6.48. The molecular formula is C15H22N4O9. The highest BCUT2D eigenvalue weighted by Gasteiger charge is 2.61. The fourth-order valence-electron chi connectivity index (χ4n) is 2.87. The van der Waals surface area contributed by atoms with Crippen LogP contribution in [0.3, 0.4) is 0 Å². The third-order valence-corrected chi connectivity index (χ3v) is 4.42. The number of H-pyrrole nitrogens is 1. The van der Waals surface area contributed by atoms with Crippen molar-refractivity contribution in [1.82, 2.24) is 14.9 Å². The number of aliphatic hydroxyl groups excluding tert-OH is 4. The second kappa shape index (κ2) is 8.30. The predicted molar refractivity (Wildman–Crippen MR) is 90.7 cm³/mol. The van der Waals surface area contributed by atoms with Gasteiger partial charge in [-0.05, 0) is 6.42 Å². The summed E-state index contributed by atoms with van der Waals surface area (Å²) in [6.45, 7) is 0.687. The van der Waals surface area contributed by atoms with Crippen LogP contribution in [0, 0.1) is 0 Å². The number of carbonyl (C=O) groups excluding carboxylic acids is 2. The number of rotatable bonds is 7. The number of ether oxygens (including phenoxy) is 1. The summed E-state index contributed by atoms with van der Waals surface area (Å²) in [6.07, 6.45) is -7.81. The van der Waals surface area contributed by atoms with E-state index in [-0.39, 0.29) is 6.42 Å². The van der Waals surface area contributed by atoms with E-state index in [1.807, 2.05) is 10.3 Å². The molecule has 0 aliphatic carbocycles. The molecule has 1 saturated heterocycles. The number of nitrogens with two attached hydrogens (primary N) is 1. The maximum Gasteiger partial charge on any atom is 0.331 e. The fraction of sp³-hybridized carbons (Fsp3) is 0.600. The van der Waals surface area contributed by atoms with Crippen molar-refractivity contribution in [3.63, 3.8) is 0 Å². The smallest absolute Gasteiger partial charge is 0.331 e. The monoisotopic (exact) mass is 402 g/mol. The third kappa shape index (κ3) is 3.63. The van der Waals surface area contributed by atoms with E-state index in [1.54, 1.807) is 0 Å². The number of amides is 1. The van der Waals surface area contributed by atoms with Crippen molar-refractivity contribution in [1.29, 1.82) is 0 Å². The molecule has 0 radical (unpaired) electrons. The van der Waals surface area contributed by atoms with Crippen molar-refractivity contribution in [2.45, 2.75) is 49.7 Å². The number of hydrogen-bond donors (Lipinski definition) is 7. The highest BCUT2D eigenvalue weighted by Crippen LogP contribution is 2.36. The van der Waals surface area contributed by atoms with E-state index in [4.69, 9.17) is 10.5 Å². The van der Waals surface area contributed by atoms with E-state index in [0.29, 0.717) is 4.57 Å². The standard InChI is InChI=1S/C15H22N4O9/c1-2-6(21)13(26)18-12(16)11(25)15(10(24)9(23)7(5-20)28-15)19-4-3-8(22)17-14(19)27/h3-4,6-7,9-10,12,20-21,23-24H,2,5,16H2,1H3,(H,18,26)(H,17,22,27)/t6?,7-,9-,10-,12?,15+/m1/s1. The van der Waals surface area contributed by atoms with Crippen LogP contribution in [-0.2, 0) is 20.1 Å². The summed E-state index contributed by atoms with van der Waals surface area (Å²) in [4.78, 5) is 50.3. The number of aliphatic hydroxyl groups is 4. The molecule has 0 aromatic carbocycles. The van der Waals surface area contributed by atoms with E-state index in [2.05, 4.69) is 0 Å². The molecule has 156 valence electrons. The first-order valence-electron chi connectivity index (χ1n) is 8.35. The summed E-state index contributed by atoms with van der Waals surface area (Å²) in [5.41, 5.74) is 1.04. The Labute approximate surface area is 157 Å². The maximum absolute atomic E-state index is 13.0. The molecule has 8 N–H and O–H groups in total. The normalized spacial score (nSPS) is 29.3. The van der Waals surface area contributed by atoms with Gasteiger partial charge in [0.2, 0.25) is 17.4 Å². The number of hydrogen-bond acceptors (Lipinski definition) is 10. The van der Waals surface area contributed by atoms with E-state index < -0.39 is 65.9 Å². The second-order valence-corrected chi connectivity index (χ2v) is 6.23. The number of nitrogens with one attached hydrogen (secondary N) is 2. The first kappa shape index (κ1) is 21.9. The molecule has 2 unspecified atom stereocenters. The van der Waals surface area contributed by atoms with E-state index in [1.165, 1.54) is 6.92 Å². The largest absolute Gasteiger partial charge is 0.394 e. The summed E-state index contributed by atoms with van der Waals surface area (Å²) in [5, 5.41) is 41.5. The first-order chi connectivity index (χ1) is 13.1. The minimum absolute atomic E-state index is 0.0295. The molecule has 1 aliphatic rings. The van der Waals surface area contributed by atoms with Crippen molar-refractivity contribution in [2.24, 2.45) is 5.73 Å². The molecule has 0 bridgehead atoms. The van der Waals surface area contributed by atoms with Crippen LogP contribution in [0.5, 0.6) is 0 Å². The van der Waals surface area contributed by atoms with Crippen LogP contribution in [0.2, 0.25) is 0 Å². The maximum atomic E-state index is 13.0. The molecule has 1 amide bonds. The van der Waals surface area contributed by atoms with Gasteiger partial charge in [0.05, 0.1) is 6.61 Å². The van der Waals surface area contributed by atoms with Gasteiger partial charge in [-0.2, -0.15) is 0 Å². The minimum atomic E-state index is -2.65. The lowest BCUT2D eigenvalue weighted by Crippen LogP contribution is -2.64. The van der Waals surface area contributed by atoms with E-state index in [0.717, 1.165) is 12.3 Å². The van der Waals surface area contributed by atoms with Crippen LogP contribution >= 0.6 is 0 Å². The van der Waals surface area contributed by atoms with Crippen LogP contribution in [0.1, 0.15) is 13.3 Å².